The van der Waals surface area contributed by atoms with Crippen LogP contribution in [0.5, 0.6) is 0 Å². The molecule has 0 spiro atoms. The van der Waals surface area contributed by atoms with E-state index in [0.717, 1.165) is 12.8 Å². The van der Waals surface area contributed by atoms with Gasteiger partial charge in [-0.05, 0) is 18.9 Å². The van der Waals surface area contributed by atoms with E-state index in [4.69, 9.17) is 0 Å². The summed E-state index contributed by atoms with van der Waals surface area (Å²) in [5.41, 5.74) is 1.66. The molecule has 5 rings (SSSR count). The fraction of sp³-hybridized carbons (Fsp3) is 0.190. The van der Waals surface area contributed by atoms with Gasteiger partial charge in [0.25, 0.3) is 0 Å². The Morgan fingerprint density at radius 1 is 1.03 bits per heavy atom. The average molecular weight is 404 g/mol. The number of benzene rings is 2. The van der Waals surface area contributed by atoms with Crippen LogP contribution in [-0.2, 0) is 4.79 Å². The van der Waals surface area contributed by atoms with E-state index in [-0.39, 0.29) is 28.8 Å². The number of carbonyl (C=O) groups is 3. The Balaban J connectivity index is 1.37. The van der Waals surface area contributed by atoms with E-state index in [0.29, 0.717) is 33.6 Å². The normalized spacial score (nSPS) is 15.0. The number of hydrogen-bond acceptors (Lipinski definition) is 6. The Labute approximate surface area is 170 Å². The molecule has 7 nitrogen and oxygen atoms in total. The molecule has 0 saturated heterocycles. The third-order valence-electron chi connectivity index (χ3n) is 5.04. The lowest BCUT2D eigenvalue weighted by Gasteiger charge is -2.20. The molecule has 1 heterocycles. The molecule has 2 aliphatic carbocycles. The molecule has 8 heteroatoms. The number of thioether (sulfide) groups is 1. The number of rotatable bonds is 5. The van der Waals surface area contributed by atoms with Crippen molar-refractivity contribution in [3.05, 3.63) is 71.0 Å². The van der Waals surface area contributed by atoms with E-state index in [9.17, 15) is 14.4 Å². The van der Waals surface area contributed by atoms with Gasteiger partial charge in [-0.15, -0.1) is 10.2 Å². The van der Waals surface area contributed by atoms with Crippen molar-refractivity contribution >= 4 is 34.9 Å². The predicted molar refractivity (Wildman–Crippen MR) is 107 cm³/mol. The van der Waals surface area contributed by atoms with Crippen LogP contribution in [0.25, 0.3) is 0 Å². The van der Waals surface area contributed by atoms with Crippen LogP contribution < -0.4 is 5.32 Å². The molecule has 2 aromatic carbocycles. The highest BCUT2D eigenvalue weighted by atomic mass is 32.2. The van der Waals surface area contributed by atoms with E-state index in [1.54, 1.807) is 48.8 Å². The Morgan fingerprint density at radius 2 is 1.76 bits per heavy atom. The number of carbonyl (C=O) groups excluding carboxylic acids is 3. The number of aromatic nitrogens is 3. The Morgan fingerprint density at radius 3 is 2.52 bits per heavy atom. The minimum atomic E-state index is -0.271. The van der Waals surface area contributed by atoms with Crippen molar-refractivity contribution in [1.82, 2.24) is 14.8 Å². The molecule has 144 valence electrons. The molecule has 3 aromatic rings. The molecule has 1 N–H and O–H groups in total. The van der Waals surface area contributed by atoms with Gasteiger partial charge >= 0.3 is 0 Å². The van der Waals surface area contributed by atoms with Crippen LogP contribution in [0.1, 0.15) is 50.7 Å². The zero-order valence-electron chi connectivity index (χ0n) is 15.3. The smallest absolute Gasteiger partial charge is 0.234 e. The maximum absolute atomic E-state index is 13.0. The third-order valence-corrected chi connectivity index (χ3v) is 6.00. The fourth-order valence-corrected chi connectivity index (χ4v) is 4.29. The summed E-state index contributed by atoms with van der Waals surface area (Å²) in [4.78, 5) is 38.3. The molecule has 0 bridgehead atoms. The van der Waals surface area contributed by atoms with Crippen LogP contribution in [0.2, 0.25) is 0 Å². The van der Waals surface area contributed by atoms with E-state index in [1.165, 1.54) is 11.8 Å². The summed E-state index contributed by atoms with van der Waals surface area (Å²) in [5, 5.41) is 11.5. The highest BCUT2D eigenvalue weighted by molar-refractivity contribution is 7.99. The second kappa shape index (κ2) is 6.97. The monoisotopic (exact) mass is 404 g/mol. The molecule has 29 heavy (non-hydrogen) atoms. The van der Waals surface area contributed by atoms with Crippen molar-refractivity contribution in [3.8, 4) is 0 Å². The maximum Gasteiger partial charge on any atom is 0.234 e. The molecule has 0 radical (unpaired) electrons. The van der Waals surface area contributed by atoms with Gasteiger partial charge in [0.2, 0.25) is 5.91 Å². The molecular formula is C21H16N4O3S. The number of fused-ring (bicyclic) bond motifs is 2. The molecule has 1 saturated carbocycles. The molecule has 0 unspecified atom stereocenters. The van der Waals surface area contributed by atoms with Crippen molar-refractivity contribution in [2.24, 2.45) is 0 Å². The topological polar surface area (TPSA) is 93.9 Å². The Bertz CT molecular complexity index is 1170. The van der Waals surface area contributed by atoms with Gasteiger partial charge in [0.1, 0.15) is 6.33 Å². The number of amides is 1. The van der Waals surface area contributed by atoms with Crippen molar-refractivity contribution in [3.63, 3.8) is 0 Å². The maximum atomic E-state index is 13.0. The summed E-state index contributed by atoms with van der Waals surface area (Å²) in [6.45, 7) is 0. The Hall–Kier alpha value is -3.26. The molecule has 1 amide bonds. The van der Waals surface area contributed by atoms with E-state index in [2.05, 4.69) is 15.5 Å². The fourth-order valence-electron chi connectivity index (χ4n) is 3.50. The van der Waals surface area contributed by atoms with Gasteiger partial charge in [0, 0.05) is 22.7 Å². The molecule has 2 aliphatic rings. The van der Waals surface area contributed by atoms with Crippen LogP contribution in [0.15, 0.2) is 53.9 Å². The SMILES string of the molecule is O=C(CSc1nncn1C1CC1)Nc1cccc2c1C(=O)c1ccccc1C2=O. The zero-order chi connectivity index (χ0) is 20.0. The average Bonchev–Trinajstić information content (AvgIpc) is 3.48. The quantitative estimate of drug-likeness (QED) is 0.514. The van der Waals surface area contributed by atoms with E-state index in [1.807, 2.05) is 4.57 Å². The van der Waals surface area contributed by atoms with Gasteiger partial charge in [-0.1, -0.05) is 48.2 Å². The summed E-state index contributed by atoms with van der Waals surface area (Å²) in [7, 11) is 0. The van der Waals surface area contributed by atoms with Crippen LogP contribution in [0, 0.1) is 0 Å². The lowest BCUT2D eigenvalue weighted by molar-refractivity contribution is -0.113. The minimum absolute atomic E-state index is 0.133. The zero-order valence-corrected chi connectivity index (χ0v) is 16.1. The molecule has 1 aromatic heterocycles. The van der Waals surface area contributed by atoms with Crippen LogP contribution >= 0.6 is 11.8 Å². The first-order valence-electron chi connectivity index (χ1n) is 9.27. The first-order valence-corrected chi connectivity index (χ1v) is 10.3. The van der Waals surface area contributed by atoms with Crippen molar-refractivity contribution < 1.29 is 14.4 Å². The standard InChI is InChI=1S/C21H16N4O3S/c26-17(10-29-21-24-22-11-25(21)12-8-9-12)23-16-7-3-6-15-18(16)20(28)14-5-2-1-4-13(14)19(15)27/h1-7,11-12H,8-10H2,(H,23,26). The van der Waals surface area contributed by atoms with Gasteiger partial charge in [0.05, 0.1) is 17.0 Å². The predicted octanol–water partition coefficient (Wildman–Crippen LogP) is 3.12. The van der Waals surface area contributed by atoms with Gasteiger partial charge in [-0.25, -0.2) is 0 Å². The third kappa shape index (κ3) is 3.15. The van der Waals surface area contributed by atoms with Crippen LogP contribution in [-0.4, -0.2) is 38.0 Å². The number of hydrogen-bond donors (Lipinski definition) is 1. The molecule has 1 fully saturated rings. The number of anilines is 1. The molecule has 0 aliphatic heterocycles. The molecule has 0 atom stereocenters. The van der Waals surface area contributed by atoms with Crippen molar-refractivity contribution in [1.29, 1.82) is 0 Å². The van der Waals surface area contributed by atoms with Crippen LogP contribution in [0.3, 0.4) is 0 Å². The highest BCUT2D eigenvalue weighted by Crippen LogP contribution is 2.37. The van der Waals surface area contributed by atoms with Crippen LogP contribution in [0.4, 0.5) is 5.69 Å². The second-order valence-corrected chi connectivity index (χ2v) is 7.96. The van der Waals surface area contributed by atoms with Crippen molar-refractivity contribution in [2.75, 3.05) is 11.1 Å². The summed E-state index contributed by atoms with van der Waals surface area (Å²) in [5.74, 6) is -0.605. The van der Waals surface area contributed by atoms with Crippen molar-refractivity contribution in [2.45, 2.75) is 24.0 Å². The van der Waals surface area contributed by atoms with E-state index < -0.39 is 0 Å². The minimum Gasteiger partial charge on any atom is -0.325 e. The van der Waals surface area contributed by atoms with Gasteiger partial charge in [-0.3, -0.25) is 14.4 Å². The van der Waals surface area contributed by atoms with Gasteiger partial charge < -0.3 is 9.88 Å². The molecular weight excluding hydrogens is 388 g/mol. The lowest BCUT2D eigenvalue weighted by atomic mass is 9.83. The summed E-state index contributed by atoms with van der Waals surface area (Å²) < 4.78 is 1.99. The first-order chi connectivity index (χ1) is 14.1. The lowest BCUT2D eigenvalue weighted by Crippen LogP contribution is -2.24. The largest absolute Gasteiger partial charge is 0.325 e. The first kappa shape index (κ1) is 17.8. The van der Waals surface area contributed by atoms with E-state index >= 15 is 0 Å². The van der Waals surface area contributed by atoms with Gasteiger partial charge in [-0.2, -0.15) is 0 Å². The summed E-state index contributed by atoms with van der Waals surface area (Å²) >= 11 is 1.30. The Kier molecular flexibility index (Phi) is 4.28. The number of ketones is 2. The summed E-state index contributed by atoms with van der Waals surface area (Å²) in [6, 6.07) is 12.1. The number of nitrogens with zero attached hydrogens (tertiary/aromatic N) is 3. The highest BCUT2D eigenvalue weighted by Gasteiger charge is 2.32. The van der Waals surface area contributed by atoms with Gasteiger partial charge in [0.15, 0.2) is 16.7 Å². The second-order valence-electron chi connectivity index (χ2n) is 7.02. The summed E-state index contributed by atoms with van der Waals surface area (Å²) in [6.07, 6.45) is 3.89. The number of nitrogens with one attached hydrogen (secondary N) is 1.